The predicted octanol–water partition coefficient (Wildman–Crippen LogP) is 3.43. The Kier molecular flexibility index (Phi) is 6.67. The second-order valence-corrected chi connectivity index (χ2v) is 15.3. The Hall–Kier alpha value is -3.03. The first kappa shape index (κ1) is 22.2. The lowest BCUT2D eigenvalue weighted by atomic mass is 10.4. The van der Waals surface area contributed by atoms with Gasteiger partial charge in [-0.2, -0.15) is 0 Å². The van der Waals surface area contributed by atoms with Crippen LogP contribution in [-0.4, -0.2) is 30.9 Å². The summed E-state index contributed by atoms with van der Waals surface area (Å²) in [4.78, 5) is 1.06. The summed E-state index contributed by atoms with van der Waals surface area (Å²) in [6.07, 6.45) is 0. The highest BCUT2D eigenvalue weighted by Gasteiger charge is 2.55. The van der Waals surface area contributed by atoms with Gasteiger partial charge in [0.2, 0.25) is 0 Å². The molecule has 0 atom stereocenters. The zero-order chi connectivity index (χ0) is 22.4. The van der Waals surface area contributed by atoms with Crippen molar-refractivity contribution in [3.05, 3.63) is 133 Å². The summed E-state index contributed by atoms with van der Waals surface area (Å²) in [5.74, 6) is 0. The highest BCUT2D eigenvalue weighted by atomic mass is 28.4. The van der Waals surface area contributed by atoms with Crippen LogP contribution in [-0.2, 0) is 8.85 Å². The minimum atomic E-state index is -2.90. The average molecular weight is 453 g/mol. The molecular weight excluding hydrogens is 424 g/mol. The fourth-order valence-electron chi connectivity index (χ4n) is 4.69. The van der Waals surface area contributed by atoms with Gasteiger partial charge in [0, 0.05) is 14.2 Å². The van der Waals surface area contributed by atoms with Crippen LogP contribution in [0.25, 0.3) is 0 Å². The molecule has 0 spiro atoms. The maximum Gasteiger partial charge on any atom is 0.282 e. The maximum absolute atomic E-state index is 6.62. The summed E-state index contributed by atoms with van der Waals surface area (Å²) < 4.78 is 13.2. The predicted molar refractivity (Wildman–Crippen MR) is 139 cm³/mol. The monoisotopic (exact) mass is 452 g/mol. The van der Waals surface area contributed by atoms with E-state index in [1.807, 2.05) is 38.5 Å². The molecule has 160 valence electrons. The topological polar surface area (TPSA) is 18.5 Å². The van der Waals surface area contributed by atoms with Crippen molar-refractivity contribution in [2.24, 2.45) is 0 Å². The van der Waals surface area contributed by atoms with E-state index < -0.39 is 16.6 Å². The van der Waals surface area contributed by atoms with Gasteiger partial charge < -0.3 is 8.85 Å². The molecule has 0 bridgehead atoms. The first-order chi connectivity index (χ1) is 15.7. The standard InChI is InChI=1S/C28H28O2Si2/c1-24(31(29-2,25-16-8-4-9-17-25)26-18-10-5-11-19-26)32(30-3,27-20-12-6-13-21-27)28-22-14-7-15-23-28/h4-23H,1H2,2-3H3. The van der Waals surface area contributed by atoms with Gasteiger partial charge in [0.05, 0.1) is 0 Å². The molecule has 0 aromatic heterocycles. The van der Waals surface area contributed by atoms with E-state index in [9.17, 15) is 0 Å². The molecule has 0 saturated carbocycles. The molecule has 4 rings (SSSR count). The van der Waals surface area contributed by atoms with E-state index in [-0.39, 0.29) is 0 Å². The van der Waals surface area contributed by atoms with E-state index in [0.29, 0.717) is 0 Å². The zero-order valence-electron chi connectivity index (χ0n) is 18.6. The van der Waals surface area contributed by atoms with Crippen molar-refractivity contribution >= 4 is 37.4 Å². The van der Waals surface area contributed by atoms with Crippen LogP contribution in [0.3, 0.4) is 0 Å². The Balaban J connectivity index is 2.07. The van der Waals surface area contributed by atoms with Gasteiger partial charge in [0.1, 0.15) is 0 Å². The van der Waals surface area contributed by atoms with Crippen LogP contribution in [0.1, 0.15) is 0 Å². The lowest BCUT2D eigenvalue weighted by Gasteiger charge is -2.42. The molecule has 0 heterocycles. The van der Waals surface area contributed by atoms with Crippen molar-refractivity contribution in [3.63, 3.8) is 0 Å². The fraction of sp³-hybridized carbons (Fsp3) is 0.0714. The van der Waals surface area contributed by atoms with Crippen molar-refractivity contribution in [2.75, 3.05) is 14.2 Å². The van der Waals surface area contributed by atoms with Gasteiger partial charge in [-0.15, -0.1) is 6.58 Å². The Morgan fingerprint density at radius 1 is 0.469 bits per heavy atom. The van der Waals surface area contributed by atoms with Crippen LogP contribution in [0.15, 0.2) is 133 Å². The summed E-state index contributed by atoms with van der Waals surface area (Å²) >= 11 is 0. The lowest BCUT2D eigenvalue weighted by Crippen LogP contribution is -2.74. The number of hydrogen-bond acceptors (Lipinski definition) is 2. The van der Waals surface area contributed by atoms with Crippen LogP contribution in [0.5, 0.6) is 0 Å². The van der Waals surface area contributed by atoms with Gasteiger partial charge in [-0.3, -0.25) is 0 Å². The van der Waals surface area contributed by atoms with Crippen molar-refractivity contribution in [3.8, 4) is 0 Å². The lowest BCUT2D eigenvalue weighted by molar-refractivity contribution is 0.410. The SMILES string of the molecule is C=C([Si](OC)(c1ccccc1)c1ccccc1)[Si](OC)(c1ccccc1)c1ccccc1. The van der Waals surface area contributed by atoms with Crippen LogP contribution < -0.4 is 20.7 Å². The normalized spacial score (nSPS) is 11.8. The van der Waals surface area contributed by atoms with E-state index in [1.165, 1.54) is 20.7 Å². The largest absolute Gasteiger partial charge is 0.408 e. The third-order valence-corrected chi connectivity index (χ3v) is 15.8. The van der Waals surface area contributed by atoms with Crippen molar-refractivity contribution in [2.45, 2.75) is 0 Å². The molecule has 4 aromatic rings. The summed E-state index contributed by atoms with van der Waals surface area (Å²) in [7, 11) is -2.17. The summed E-state index contributed by atoms with van der Waals surface area (Å²) in [6, 6.07) is 42.1. The third-order valence-electron chi connectivity index (χ3n) is 6.18. The first-order valence-electron chi connectivity index (χ1n) is 10.7. The second kappa shape index (κ2) is 9.63. The summed E-state index contributed by atoms with van der Waals surface area (Å²) in [6.45, 7) is 4.82. The smallest absolute Gasteiger partial charge is 0.282 e. The van der Waals surface area contributed by atoms with Crippen molar-refractivity contribution in [1.29, 1.82) is 0 Å². The first-order valence-corrected chi connectivity index (χ1v) is 14.5. The van der Waals surface area contributed by atoms with E-state index in [1.54, 1.807) is 0 Å². The third kappa shape index (κ3) is 3.61. The Labute approximate surface area is 193 Å². The van der Waals surface area contributed by atoms with Crippen LogP contribution in [0.2, 0.25) is 0 Å². The minimum absolute atomic E-state index is 1.06. The number of rotatable bonds is 8. The average Bonchev–Trinajstić information content (AvgIpc) is 2.88. The molecule has 0 amide bonds. The van der Waals surface area contributed by atoms with Gasteiger partial charge in [-0.25, -0.2) is 0 Å². The van der Waals surface area contributed by atoms with Crippen LogP contribution in [0.4, 0.5) is 0 Å². The Morgan fingerprint density at radius 2 is 0.688 bits per heavy atom. The molecule has 0 aliphatic carbocycles. The molecule has 0 N–H and O–H groups in total. The highest BCUT2D eigenvalue weighted by molar-refractivity contribution is 7.21. The molecule has 0 radical (unpaired) electrons. The van der Waals surface area contributed by atoms with Crippen molar-refractivity contribution in [1.82, 2.24) is 0 Å². The van der Waals surface area contributed by atoms with E-state index in [2.05, 4.69) is 97.1 Å². The molecule has 4 aromatic carbocycles. The molecule has 0 unspecified atom stereocenters. The summed E-state index contributed by atoms with van der Waals surface area (Å²) in [5.41, 5.74) is 0. The number of benzene rings is 4. The van der Waals surface area contributed by atoms with Gasteiger partial charge in [0.25, 0.3) is 16.6 Å². The molecule has 32 heavy (non-hydrogen) atoms. The highest BCUT2D eigenvalue weighted by Crippen LogP contribution is 2.26. The second-order valence-electron chi connectivity index (χ2n) is 7.71. The minimum Gasteiger partial charge on any atom is -0.408 e. The quantitative estimate of drug-likeness (QED) is 0.381. The molecule has 2 nitrogen and oxygen atoms in total. The van der Waals surface area contributed by atoms with Gasteiger partial charge >= 0.3 is 0 Å². The van der Waals surface area contributed by atoms with E-state index in [0.717, 1.165) is 4.82 Å². The summed E-state index contributed by atoms with van der Waals surface area (Å²) in [5, 5.41) is 4.66. The van der Waals surface area contributed by atoms with Gasteiger partial charge in [0.15, 0.2) is 0 Å². The Bertz CT molecular complexity index is 975. The number of hydrogen-bond donors (Lipinski definition) is 0. The zero-order valence-corrected chi connectivity index (χ0v) is 20.6. The molecular formula is C28H28O2Si2. The van der Waals surface area contributed by atoms with Crippen LogP contribution in [0, 0.1) is 0 Å². The van der Waals surface area contributed by atoms with Gasteiger partial charge in [-0.05, 0) is 25.6 Å². The molecule has 0 fully saturated rings. The molecule has 0 aliphatic rings. The Morgan fingerprint density at radius 3 is 0.875 bits per heavy atom. The molecule has 4 heteroatoms. The fourth-order valence-corrected chi connectivity index (χ4v) is 15.2. The molecule has 0 aliphatic heterocycles. The van der Waals surface area contributed by atoms with Crippen LogP contribution >= 0.6 is 0 Å². The van der Waals surface area contributed by atoms with E-state index >= 15 is 0 Å². The molecule has 0 saturated heterocycles. The maximum atomic E-state index is 6.62. The van der Waals surface area contributed by atoms with E-state index in [4.69, 9.17) is 15.4 Å². The van der Waals surface area contributed by atoms with Crippen molar-refractivity contribution < 1.29 is 8.85 Å². The van der Waals surface area contributed by atoms with Gasteiger partial charge in [-0.1, -0.05) is 121 Å².